The molecule has 2 fully saturated rings. The second-order valence-corrected chi connectivity index (χ2v) is 12.7. The van der Waals surface area contributed by atoms with Gasteiger partial charge in [0.05, 0.1) is 10.9 Å². The Balaban J connectivity index is 1.64. The first-order chi connectivity index (χ1) is 17.1. The van der Waals surface area contributed by atoms with E-state index in [1.54, 1.807) is 12.1 Å². The van der Waals surface area contributed by atoms with Gasteiger partial charge >= 0.3 is 0 Å². The smallest absolute Gasteiger partial charge is 0.268 e. The molecular weight excluding hydrogens is 504 g/mol. The molecule has 5 rings (SSSR count). The lowest BCUT2D eigenvalue weighted by Gasteiger charge is -2.47. The second-order valence-electron chi connectivity index (χ2n) is 10.5. The van der Waals surface area contributed by atoms with E-state index in [1.807, 2.05) is 4.90 Å². The van der Waals surface area contributed by atoms with Gasteiger partial charge in [-0.05, 0) is 61.6 Å². The predicted molar refractivity (Wildman–Crippen MR) is 135 cm³/mol. The fraction of sp³-hybridized carbons (Fsp3) is 0.560. The van der Waals surface area contributed by atoms with Crippen molar-refractivity contribution in [3.8, 4) is 5.88 Å². The SMILES string of the molecule is COCN1c2nc(Cl)cc(n2)OC[C@@H](CC(C)C)N(C2CC3(CC3)C2)C(=O)c2cccc(c2)S1(=O)=O. The van der Waals surface area contributed by atoms with Crippen LogP contribution in [-0.4, -0.2) is 61.7 Å². The van der Waals surface area contributed by atoms with E-state index < -0.39 is 10.0 Å². The van der Waals surface area contributed by atoms with Crippen LogP contribution in [0.4, 0.5) is 5.95 Å². The van der Waals surface area contributed by atoms with Crippen molar-refractivity contribution in [2.24, 2.45) is 11.3 Å². The summed E-state index contributed by atoms with van der Waals surface area (Å²) in [6, 6.07) is 7.46. The molecule has 2 heterocycles. The first-order valence-corrected chi connectivity index (χ1v) is 14.1. The largest absolute Gasteiger partial charge is 0.475 e. The number of fused-ring (bicyclic) bond motifs is 4. The lowest BCUT2D eigenvalue weighted by atomic mass is 9.75. The maximum absolute atomic E-state index is 14.0. The number of nitrogens with zero attached hydrogens (tertiary/aromatic N) is 4. The number of halogens is 1. The first kappa shape index (κ1) is 25.2. The third-order valence-corrected chi connectivity index (χ3v) is 9.17. The van der Waals surface area contributed by atoms with Gasteiger partial charge in [-0.1, -0.05) is 31.5 Å². The van der Waals surface area contributed by atoms with Crippen LogP contribution in [0.5, 0.6) is 5.88 Å². The zero-order valence-corrected chi connectivity index (χ0v) is 22.3. The Morgan fingerprint density at radius 3 is 2.64 bits per heavy atom. The van der Waals surface area contributed by atoms with Crippen LogP contribution in [0.1, 0.15) is 56.3 Å². The third kappa shape index (κ3) is 4.78. The van der Waals surface area contributed by atoms with Gasteiger partial charge in [0.15, 0.2) is 0 Å². The normalized spacial score (nSPS) is 22.9. The molecule has 194 valence electrons. The van der Waals surface area contributed by atoms with Crippen molar-refractivity contribution in [2.75, 3.05) is 24.8 Å². The number of methoxy groups -OCH3 is 1. The van der Waals surface area contributed by atoms with Gasteiger partial charge in [0.1, 0.15) is 18.5 Å². The molecule has 2 saturated carbocycles. The van der Waals surface area contributed by atoms with E-state index >= 15 is 0 Å². The third-order valence-electron chi connectivity index (χ3n) is 7.28. The highest BCUT2D eigenvalue weighted by Gasteiger charge is 2.56. The molecular formula is C25H31ClN4O5S. The van der Waals surface area contributed by atoms with Gasteiger partial charge in [-0.3, -0.25) is 4.79 Å². The molecule has 2 aromatic rings. The van der Waals surface area contributed by atoms with Gasteiger partial charge < -0.3 is 14.4 Å². The van der Waals surface area contributed by atoms with Crippen molar-refractivity contribution in [3.05, 3.63) is 41.0 Å². The number of hydrogen-bond donors (Lipinski definition) is 0. The quantitative estimate of drug-likeness (QED) is 0.532. The summed E-state index contributed by atoms with van der Waals surface area (Å²) in [5.41, 5.74) is 0.708. The topological polar surface area (TPSA) is 102 Å². The molecule has 1 aromatic carbocycles. The van der Waals surface area contributed by atoms with Crippen LogP contribution in [0.3, 0.4) is 0 Å². The predicted octanol–water partition coefficient (Wildman–Crippen LogP) is 4.12. The molecule has 1 aliphatic heterocycles. The molecule has 1 atom stereocenters. The second kappa shape index (κ2) is 9.46. The van der Waals surface area contributed by atoms with E-state index in [9.17, 15) is 13.2 Å². The molecule has 2 aliphatic carbocycles. The van der Waals surface area contributed by atoms with Crippen molar-refractivity contribution in [3.63, 3.8) is 0 Å². The van der Waals surface area contributed by atoms with Gasteiger partial charge in [-0.15, -0.1) is 0 Å². The van der Waals surface area contributed by atoms with Gasteiger partial charge in [0, 0.05) is 24.8 Å². The Bertz CT molecular complexity index is 1260. The minimum atomic E-state index is -4.17. The number of carbonyl (C=O) groups excluding carboxylic acids is 1. The summed E-state index contributed by atoms with van der Waals surface area (Å²) in [5.74, 6) is 0.103. The molecule has 0 unspecified atom stereocenters. The zero-order chi connectivity index (χ0) is 25.7. The lowest BCUT2D eigenvalue weighted by molar-refractivity contribution is 0.00918. The molecule has 11 heteroatoms. The molecule has 0 saturated heterocycles. The monoisotopic (exact) mass is 534 g/mol. The number of amides is 1. The van der Waals surface area contributed by atoms with Gasteiger partial charge in [-0.2, -0.15) is 9.97 Å². The van der Waals surface area contributed by atoms with Crippen LogP contribution >= 0.6 is 11.6 Å². The van der Waals surface area contributed by atoms with E-state index in [0.717, 1.165) is 23.6 Å². The van der Waals surface area contributed by atoms with E-state index in [-0.39, 0.29) is 53.2 Å². The fourth-order valence-electron chi connectivity index (χ4n) is 5.33. The Morgan fingerprint density at radius 2 is 1.97 bits per heavy atom. The zero-order valence-electron chi connectivity index (χ0n) is 20.7. The highest BCUT2D eigenvalue weighted by atomic mass is 35.5. The van der Waals surface area contributed by atoms with E-state index in [2.05, 4.69) is 23.8 Å². The summed E-state index contributed by atoms with van der Waals surface area (Å²) in [6.45, 7) is 4.09. The Hall–Kier alpha value is -2.43. The van der Waals surface area contributed by atoms with Gasteiger partial charge in [0.2, 0.25) is 11.8 Å². The molecule has 0 radical (unpaired) electrons. The van der Waals surface area contributed by atoms with E-state index in [4.69, 9.17) is 21.1 Å². The summed E-state index contributed by atoms with van der Waals surface area (Å²) >= 11 is 6.25. The average Bonchev–Trinajstić information content (AvgIpc) is 3.60. The lowest BCUT2D eigenvalue weighted by Crippen LogP contribution is -2.55. The summed E-state index contributed by atoms with van der Waals surface area (Å²) in [7, 11) is -2.80. The van der Waals surface area contributed by atoms with Crippen LogP contribution in [0, 0.1) is 11.3 Å². The fourth-order valence-corrected chi connectivity index (χ4v) is 6.82. The molecule has 1 spiro atoms. The number of benzene rings is 1. The highest BCUT2D eigenvalue weighted by Crippen LogP contribution is 2.62. The Morgan fingerprint density at radius 1 is 1.22 bits per heavy atom. The van der Waals surface area contributed by atoms with Crippen molar-refractivity contribution in [1.82, 2.24) is 14.9 Å². The van der Waals surface area contributed by atoms with Crippen LogP contribution in [0.2, 0.25) is 5.15 Å². The Kier molecular flexibility index (Phi) is 6.63. The molecule has 4 bridgehead atoms. The summed E-state index contributed by atoms with van der Waals surface area (Å²) < 4.78 is 39.5. The number of hydrogen-bond acceptors (Lipinski definition) is 7. The van der Waals surface area contributed by atoms with Crippen LogP contribution in [-0.2, 0) is 14.8 Å². The molecule has 3 aliphatic rings. The van der Waals surface area contributed by atoms with Gasteiger partial charge in [-0.25, -0.2) is 12.7 Å². The van der Waals surface area contributed by atoms with Crippen molar-refractivity contribution in [1.29, 1.82) is 0 Å². The van der Waals surface area contributed by atoms with Crippen LogP contribution < -0.4 is 9.04 Å². The number of sulfonamides is 1. The average molecular weight is 535 g/mol. The summed E-state index contributed by atoms with van der Waals surface area (Å²) in [4.78, 5) is 24.4. The Labute approximate surface area is 216 Å². The van der Waals surface area contributed by atoms with Crippen molar-refractivity contribution in [2.45, 2.75) is 62.9 Å². The van der Waals surface area contributed by atoms with Crippen LogP contribution in [0.25, 0.3) is 0 Å². The number of ether oxygens (including phenoxy) is 2. The molecule has 1 aromatic heterocycles. The summed E-state index contributed by atoms with van der Waals surface area (Å²) in [6.07, 6.45) is 5.09. The van der Waals surface area contributed by atoms with Crippen LogP contribution in [0.15, 0.2) is 35.2 Å². The van der Waals surface area contributed by atoms with Crippen molar-refractivity contribution < 1.29 is 22.7 Å². The standard InChI is InChI=1S/C25H31ClN4O5S/c1-16(2)9-18-14-35-22-11-21(26)27-24(28-22)29(15-34-3)36(32,33)20-6-4-5-17(10-20)23(31)30(18)19-12-25(13-19)7-8-25/h4-6,10-11,16,18-19H,7-9,12-15H2,1-3H3/t18-/m1/s1. The van der Waals surface area contributed by atoms with E-state index in [1.165, 1.54) is 38.2 Å². The maximum Gasteiger partial charge on any atom is 0.268 e. The van der Waals surface area contributed by atoms with Gasteiger partial charge in [0.25, 0.3) is 15.9 Å². The molecule has 36 heavy (non-hydrogen) atoms. The molecule has 1 amide bonds. The first-order valence-electron chi connectivity index (χ1n) is 12.2. The number of aromatic nitrogens is 2. The minimum Gasteiger partial charge on any atom is -0.475 e. The molecule has 0 N–H and O–H groups in total. The molecule has 9 nitrogen and oxygen atoms in total. The summed E-state index contributed by atoms with van der Waals surface area (Å²) in [5, 5.41) is 0.0398. The van der Waals surface area contributed by atoms with Crippen molar-refractivity contribution >= 4 is 33.5 Å². The number of anilines is 1. The highest BCUT2D eigenvalue weighted by molar-refractivity contribution is 7.92. The maximum atomic E-state index is 14.0. The number of rotatable bonds is 5. The van der Waals surface area contributed by atoms with E-state index in [0.29, 0.717) is 16.9 Å². The minimum absolute atomic E-state index is 0.0398. The number of carbonyl (C=O) groups is 1.